The molecule has 0 spiro atoms. The maximum absolute atomic E-state index is 12.0. The predicted molar refractivity (Wildman–Crippen MR) is 83.5 cm³/mol. The fourth-order valence-electron chi connectivity index (χ4n) is 2.48. The number of rotatable bonds is 3. The van der Waals surface area contributed by atoms with Gasteiger partial charge < -0.3 is 10.2 Å². The molecule has 21 heavy (non-hydrogen) atoms. The van der Waals surface area contributed by atoms with Crippen LogP contribution in [0.5, 0.6) is 0 Å². The summed E-state index contributed by atoms with van der Waals surface area (Å²) in [6.07, 6.45) is 4.23. The fraction of sp³-hybridized carbons (Fsp3) is 0.250. The van der Waals surface area contributed by atoms with Crippen molar-refractivity contribution in [1.82, 2.24) is 9.88 Å². The Morgan fingerprint density at radius 3 is 2.67 bits per heavy atom. The lowest BCUT2D eigenvalue weighted by atomic mass is 9.92. The number of pyridine rings is 1. The summed E-state index contributed by atoms with van der Waals surface area (Å²) in [5.74, 6) is 0.480. The third kappa shape index (κ3) is 3.34. The number of nitrogens with zero attached hydrogens (tertiary/aromatic N) is 2. The Balaban J connectivity index is 1.49. The number of hydrogen-bond donors (Lipinski definition) is 1. The van der Waals surface area contributed by atoms with Crippen LogP contribution in [0.15, 0.2) is 48.8 Å². The second kappa shape index (κ2) is 6.14. The number of carbonyl (C=O) groups is 1. The van der Waals surface area contributed by atoms with E-state index in [4.69, 9.17) is 11.6 Å². The van der Waals surface area contributed by atoms with Gasteiger partial charge >= 0.3 is 6.03 Å². The van der Waals surface area contributed by atoms with Crippen LogP contribution in [0.4, 0.5) is 10.5 Å². The van der Waals surface area contributed by atoms with Gasteiger partial charge in [0.05, 0.1) is 0 Å². The molecule has 1 aromatic carbocycles. The molecule has 2 heterocycles. The minimum absolute atomic E-state index is 0.0587. The molecule has 3 rings (SSSR count). The van der Waals surface area contributed by atoms with Crippen LogP contribution in [0.2, 0.25) is 5.02 Å². The zero-order valence-corrected chi connectivity index (χ0v) is 12.3. The van der Waals surface area contributed by atoms with E-state index in [1.165, 1.54) is 0 Å². The Labute approximate surface area is 128 Å². The Kier molecular flexibility index (Phi) is 4.06. The first-order valence-corrected chi connectivity index (χ1v) is 7.29. The summed E-state index contributed by atoms with van der Waals surface area (Å²) < 4.78 is 0. The van der Waals surface area contributed by atoms with Crippen LogP contribution in [0, 0.1) is 5.92 Å². The molecule has 0 saturated carbocycles. The van der Waals surface area contributed by atoms with Gasteiger partial charge in [-0.1, -0.05) is 29.8 Å². The number of halogens is 1. The number of urea groups is 1. The van der Waals surface area contributed by atoms with E-state index in [0.717, 1.165) is 35.8 Å². The van der Waals surface area contributed by atoms with Gasteiger partial charge in [0.2, 0.25) is 0 Å². The summed E-state index contributed by atoms with van der Waals surface area (Å²) in [6, 6.07) is 11.4. The molecule has 1 aromatic heterocycles. The van der Waals surface area contributed by atoms with Gasteiger partial charge in [0, 0.05) is 36.2 Å². The summed E-state index contributed by atoms with van der Waals surface area (Å²) in [5.41, 5.74) is 1.92. The van der Waals surface area contributed by atoms with Gasteiger partial charge in [0.15, 0.2) is 0 Å². The normalized spacial score (nSPS) is 14.6. The minimum atomic E-state index is -0.0587. The smallest absolute Gasteiger partial charge is 0.321 e. The number of nitrogens with one attached hydrogen (secondary N) is 1. The SMILES string of the molecule is O=C(Nc1ccncc1)N1CC(Cc2ccccc2Cl)C1. The molecule has 5 heteroatoms. The first-order chi connectivity index (χ1) is 10.2. The summed E-state index contributed by atoms with van der Waals surface area (Å²) in [6.45, 7) is 1.53. The van der Waals surface area contributed by atoms with Crippen LogP contribution in [0.25, 0.3) is 0 Å². The highest BCUT2D eigenvalue weighted by Gasteiger charge is 2.30. The lowest BCUT2D eigenvalue weighted by Crippen LogP contribution is -2.52. The van der Waals surface area contributed by atoms with Crippen LogP contribution in [0.1, 0.15) is 5.56 Å². The lowest BCUT2D eigenvalue weighted by molar-refractivity contribution is 0.131. The number of hydrogen-bond acceptors (Lipinski definition) is 2. The highest BCUT2D eigenvalue weighted by molar-refractivity contribution is 6.31. The molecule has 1 aliphatic heterocycles. The molecule has 2 aromatic rings. The molecule has 0 unspecified atom stereocenters. The van der Waals surface area contributed by atoms with E-state index in [9.17, 15) is 4.79 Å². The summed E-state index contributed by atoms with van der Waals surface area (Å²) in [7, 11) is 0. The van der Waals surface area contributed by atoms with Crippen molar-refractivity contribution in [3.63, 3.8) is 0 Å². The topological polar surface area (TPSA) is 45.2 Å². The van der Waals surface area contributed by atoms with Crippen LogP contribution in [-0.2, 0) is 6.42 Å². The van der Waals surface area contributed by atoms with Crippen molar-refractivity contribution in [2.24, 2.45) is 5.92 Å². The maximum Gasteiger partial charge on any atom is 0.321 e. The Hall–Kier alpha value is -2.07. The van der Waals surface area contributed by atoms with Gasteiger partial charge in [0.25, 0.3) is 0 Å². The van der Waals surface area contributed by atoms with E-state index in [-0.39, 0.29) is 6.03 Å². The van der Waals surface area contributed by atoms with Gasteiger partial charge in [-0.05, 0) is 36.1 Å². The van der Waals surface area contributed by atoms with Gasteiger partial charge in [-0.2, -0.15) is 0 Å². The molecular weight excluding hydrogens is 286 g/mol. The summed E-state index contributed by atoms with van der Waals surface area (Å²) in [5, 5.41) is 3.66. The van der Waals surface area contributed by atoms with Crippen molar-refractivity contribution >= 4 is 23.3 Å². The number of likely N-dealkylation sites (tertiary alicyclic amines) is 1. The van der Waals surface area contributed by atoms with Crippen LogP contribution in [0.3, 0.4) is 0 Å². The number of anilines is 1. The summed E-state index contributed by atoms with van der Waals surface area (Å²) in [4.78, 5) is 17.8. The van der Waals surface area contributed by atoms with Crippen molar-refractivity contribution in [3.8, 4) is 0 Å². The number of carbonyl (C=O) groups excluding carboxylic acids is 1. The van der Waals surface area contributed by atoms with Gasteiger partial charge in [-0.25, -0.2) is 4.79 Å². The first kappa shape index (κ1) is 13.9. The molecule has 1 N–H and O–H groups in total. The molecule has 0 radical (unpaired) electrons. The van der Waals surface area contributed by atoms with E-state index in [1.54, 1.807) is 24.5 Å². The third-order valence-corrected chi connectivity index (χ3v) is 4.01. The Morgan fingerprint density at radius 2 is 1.95 bits per heavy atom. The first-order valence-electron chi connectivity index (χ1n) is 6.92. The maximum atomic E-state index is 12.0. The second-order valence-electron chi connectivity index (χ2n) is 5.23. The molecule has 0 bridgehead atoms. The van der Waals surface area contributed by atoms with Gasteiger partial charge in [-0.15, -0.1) is 0 Å². The van der Waals surface area contributed by atoms with Crippen molar-refractivity contribution in [2.45, 2.75) is 6.42 Å². The molecule has 0 atom stereocenters. The van der Waals surface area contributed by atoms with E-state index < -0.39 is 0 Å². The third-order valence-electron chi connectivity index (χ3n) is 3.64. The van der Waals surface area contributed by atoms with E-state index >= 15 is 0 Å². The van der Waals surface area contributed by atoms with Crippen LogP contribution >= 0.6 is 11.6 Å². The predicted octanol–water partition coefficient (Wildman–Crippen LogP) is 3.44. The fourth-order valence-corrected chi connectivity index (χ4v) is 2.69. The molecular formula is C16H16ClN3O. The van der Waals surface area contributed by atoms with Crippen LogP contribution < -0.4 is 5.32 Å². The number of aromatic nitrogens is 1. The van der Waals surface area contributed by atoms with Crippen LogP contribution in [-0.4, -0.2) is 29.0 Å². The molecule has 0 aliphatic carbocycles. The molecule has 4 nitrogen and oxygen atoms in total. The van der Waals surface area contributed by atoms with Crippen molar-refractivity contribution in [2.75, 3.05) is 18.4 Å². The second-order valence-corrected chi connectivity index (χ2v) is 5.64. The average molecular weight is 302 g/mol. The van der Waals surface area contributed by atoms with Gasteiger partial charge in [0.1, 0.15) is 0 Å². The van der Waals surface area contributed by atoms with Gasteiger partial charge in [-0.3, -0.25) is 4.98 Å². The Morgan fingerprint density at radius 1 is 1.24 bits per heavy atom. The average Bonchev–Trinajstić information content (AvgIpc) is 2.45. The van der Waals surface area contributed by atoms with E-state index in [0.29, 0.717) is 5.92 Å². The molecule has 108 valence electrons. The zero-order valence-electron chi connectivity index (χ0n) is 11.5. The molecule has 1 aliphatic rings. The number of amides is 2. The van der Waals surface area contributed by atoms with E-state index in [2.05, 4.69) is 10.3 Å². The highest BCUT2D eigenvalue weighted by Crippen LogP contribution is 2.25. The van der Waals surface area contributed by atoms with Crippen molar-refractivity contribution in [1.29, 1.82) is 0 Å². The zero-order chi connectivity index (χ0) is 14.7. The van der Waals surface area contributed by atoms with Crippen molar-refractivity contribution < 1.29 is 4.79 Å². The summed E-state index contributed by atoms with van der Waals surface area (Å²) >= 11 is 6.16. The minimum Gasteiger partial charge on any atom is -0.324 e. The number of benzene rings is 1. The lowest BCUT2D eigenvalue weighted by Gasteiger charge is -2.39. The molecule has 1 saturated heterocycles. The highest BCUT2D eigenvalue weighted by atomic mass is 35.5. The molecule has 2 amide bonds. The monoisotopic (exact) mass is 301 g/mol. The molecule has 1 fully saturated rings. The standard InChI is InChI=1S/C16H16ClN3O/c17-15-4-2-1-3-13(15)9-12-10-20(11-12)16(21)19-14-5-7-18-8-6-14/h1-8,12H,9-11H2,(H,18,19,21). The largest absolute Gasteiger partial charge is 0.324 e. The van der Waals surface area contributed by atoms with Crippen molar-refractivity contribution in [3.05, 3.63) is 59.4 Å². The van der Waals surface area contributed by atoms with E-state index in [1.807, 2.05) is 29.2 Å². The quantitative estimate of drug-likeness (QED) is 0.944. The Bertz CT molecular complexity index is 626.